The van der Waals surface area contributed by atoms with Gasteiger partial charge in [-0.05, 0) is 70.2 Å². The van der Waals surface area contributed by atoms with E-state index in [2.05, 4.69) is 38.1 Å². The fourth-order valence-corrected chi connectivity index (χ4v) is 4.30. The minimum Gasteiger partial charge on any atom is -0.343 e. The van der Waals surface area contributed by atoms with Gasteiger partial charge in [-0.25, -0.2) is 9.67 Å². The van der Waals surface area contributed by atoms with Crippen LogP contribution in [0.5, 0.6) is 0 Å². The Bertz CT molecular complexity index is 1030. The summed E-state index contributed by atoms with van der Waals surface area (Å²) in [5.74, 6) is 0.267. The Kier molecular flexibility index (Phi) is 4.92. The average molecular weight is 377 g/mol. The number of rotatable bonds is 4. The average Bonchev–Trinajstić information content (AvgIpc) is 3.30. The minimum absolute atomic E-state index is 0.267. The van der Waals surface area contributed by atoms with Crippen LogP contribution in [0.1, 0.15) is 47.3 Å². The Labute approximate surface area is 166 Å². The van der Waals surface area contributed by atoms with Crippen molar-refractivity contribution < 1.29 is 4.79 Å². The second kappa shape index (κ2) is 7.38. The predicted molar refractivity (Wildman–Crippen MR) is 112 cm³/mol. The van der Waals surface area contributed by atoms with Gasteiger partial charge in [-0.2, -0.15) is 5.10 Å². The van der Waals surface area contributed by atoms with Gasteiger partial charge in [0, 0.05) is 30.6 Å². The van der Waals surface area contributed by atoms with Crippen LogP contribution in [-0.2, 0) is 11.2 Å². The zero-order valence-corrected chi connectivity index (χ0v) is 17.2. The van der Waals surface area contributed by atoms with E-state index in [-0.39, 0.29) is 5.91 Å². The smallest absolute Gasteiger partial charge is 0.222 e. The summed E-state index contributed by atoms with van der Waals surface area (Å²) in [6, 6.07) is 8.35. The topological polar surface area (TPSA) is 51.0 Å². The van der Waals surface area contributed by atoms with Crippen molar-refractivity contribution in [2.24, 2.45) is 0 Å². The van der Waals surface area contributed by atoms with Gasteiger partial charge in [0.2, 0.25) is 5.91 Å². The van der Waals surface area contributed by atoms with Crippen LogP contribution in [0.3, 0.4) is 0 Å². The molecule has 1 fully saturated rings. The van der Waals surface area contributed by atoms with Gasteiger partial charge in [-0.15, -0.1) is 0 Å². The zero-order chi connectivity index (χ0) is 19.8. The summed E-state index contributed by atoms with van der Waals surface area (Å²) < 4.78 is 1.93. The number of hydrogen-bond donors (Lipinski definition) is 0. The Hall–Kier alpha value is -2.69. The highest BCUT2D eigenvalue weighted by Crippen LogP contribution is 2.28. The Morgan fingerprint density at radius 1 is 1.00 bits per heavy atom. The van der Waals surface area contributed by atoms with Gasteiger partial charge in [0.15, 0.2) is 5.65 Å². The minimum atomic E-state index is 0.267. The fraction of sp³-hybridized carbons (Fsp3) is 0.435. The monoisotopic (exact) mass is 376 g/mol. The first-order chi connectivity index (χ1) is 13.5. The maximum absolute atomic E-state index is 12.5. The molecular formula is C23H28N4O. The van der Waals surface area contributed by atoms with E-state index in [9.17, 15) is 4.79 Å². The van der Waals surface area contributed by atoms with Crippen LogP contribution in [0.15, 0.2) is 24.3 Å². The Morgan fingerprint density at radius 3 is 2.36 bits per heavy atom. The maximum Gasteiger partial charge on any atom is 0.222 e. The molecule has 28 heavy (non-hydrogen) atoms. The van der Waals surface area contributed by atoms with E-state index in [4.69, 9.17) is 10.1 Å². The first kappa shape index (κ1) is 18.7. The van der Waals surface area contributed by atoms with Crippen molar-refractivity contribution >= 4 is 16.9 Å². The molecule has 1 aliphatic heterocycles. The van der Waals surface area contributed by atoms with Crippen molar-refractivity contribution in [2.45, 2.75) is 53.4 Å². The van der Waals surface area contributed by atoms with Crippen LogP contribution >= 0.6 is 0 Å². The number of nitrogens with zero attached hydrogens (tertiary/aromatic N) is 4. The summed E-state index contributed by atoms with van der Waals surface area (Å²) in [5, 5.41) is 5.88. The fourth-order valence-electron chi connectivity index (χ4n) is 4.30. The number of benzene rings is 1. The van der Waals surface area contributed by atoms with Crippen LogP contribution in [-0.4, -0.2) is 38.7 Å². The number of likely N-dealkylation sites (tertiary alicyclic amines) is 1. The van der Waals surface area contributed by atoms with Crippen LogP contribution in [0.2, 0.25) is 0 Å². The first-order valence-electron chi connectivity index (χ1n) is 10.2. The third kappa shape index (κ3) is 3.30. The van der Waals surface area contributed by atoms with Crippen molar-refractivity contribution in [3.63, 3.8) is 0 Å². The highest BCUT2D eigenvalue weighted by Gasteiger charge is 2.21. The molecule has 2 aromatic heterocycles. The molecule has 0 bridgehead atoms. The molecule has 146 valence electrons. The van der Waals surface area contributed by atoms with Crippen molar-refractivity contribution in [3.8, 4) is 5.69 Å². The molecule has 0 radical (unpaired) electrons. The van der Waals surface area contributed by atoms with Gasteiger partial charge >= 0.3 is 0 Å². The van der Waals surface area contributed by atoms with Gasteiger partial charge in [0.1, 0.15) is 0 Å². The van der Waals surface area contributed by atoms with E-state index in [1.807, 2.05) is 23.4 Å². The summed E-state index contributed by atoms with van der Waals surface area (Å²) in [5.41, 5.74) is 7.50. The molecule has 0 N–H and O–H groups in total. The molecule has 0 unspecified atom stereocenters. The lowest BCUT2D eigenvalue weighted by Crippen LogP contribution is -2.27. The van der Waals surface area contributed by atoms with Crippen LogP contribution in [0.25, 0.3) is 16.7 Å². The largest absolute Gasteiger partial charge is 0.343 e. The number of pyridine rings is 1. The molecule has 3 heterocycles. The summed E-state index contributed by atoms with van der Waals surface area (Å²) in [4.78, 5) is 19.4. The molecule has 5 nitrogen and oxygen atoms in total. The van der Waals surface area contributed by atoms with Gasteiger partial charge in [-0.1, -0.05) is 17.7 Å². The lowest BCUT2D eigenvalue weighted by molar-refractivity contribution is -0.130. The summed E-state index contributed by atoms with van der Waals surface area (Å²) in [7, 11) is 0. The third-order valence-corrected chi connectivity index (χ3v) is 5.90. The summed E-state index contributed by atoms with van der Waals surface area (Å²) in [6.45, 7) is 10.1. The summed E-state index contributed by atoms with van der Waals surface area (Å²) >= 11 is 0. The molecule has 5 heteroatoms. The Balaban J connectivity index is 1.69. The number of carbonyl (C=O) groups excluding carboxylic acids is 1. The van der Waals surface area contributed by atoms with Crippen LogP contribution in [0, 0.1) is 27.7 Å². The molecule has 0 atom stereocenters. The van der Waals surface area contributed by atoms with E-state index in [1.165, 1.54) is 16.7 Å². The quantitative estimate of drug-likeness (QED) is 0.685. The SMILES string of the molecule is Cc1ccc(-n2nc(C)c3c(C)c(CCC(=O)N4CCCC4)c(C)nc32)cc1. The van der Waals surface area contributed by atoms with Crippen LogP contribution in [0.4, 0.5) is 0 Å². The van der Waals surface area contributed by atoms with Crippen molar-refractivity contribution in [3.05, 3.63) is 52.3 Å². The Morgan fingerprint density at radius 2 is 1.68 bits per heavy atom. The molecular weight excluding hydrogens is 348 g/mol. The zero-order valence-electron chi connectivity index (χ0n) is 17.2. The first-order valence-corrected chi connectivity index (χ1v) is 10.2. The highest BCUT2D eigenvalue weighted by molar-refractivity contribution is 5.85. The normalized spacial score (nSPS) is 14.2. The van der Waals surface area contributed by atoms with E-state index in [0.717, 1.165) is 60.5 Å². The number of carbonyl (C=O) groups is 1. The molecule has 0 aliphatic carbocycles. The number of fused-ring (bicyclic) bond motifs is 1. The molecule has 4 rings (SSSR count). The molecule has 0 saturated carbocycles. The van der Waals surface area contributed by atoms with E-state index >= 15 is 0 Å². The summed E-state index contributed by atoms with van der Waals surface area (Å²) in [6.07, 6.45) is 3.56. The van der Waals surface area contributed by atoms with Gasteiger partial charge < -0.3 is 4.90 Å². The number of aromatic nitrogens is 3. The predicted octanol–water partition coefficient (Wildman–Crippen LogP) is 4.21. The molecule has 3 aromatic rings. The van der Waals surface area contributed by atoms with E-state index < -0.39 is 0 Å². The van der Waals surface area contributed by atoms with Gasteiger partial charge in [0.25, 0.3) is 0 Å². The lowest BCUT2D eigenvalue weighted by atomic mass is 9.99. The highest BCUT2D eigenvalue weighted by atomic mass is 16.2. The molecule has 1 saturated heterocycles. The third-order valence-electron chi connectivity index (χ3n) is 5.90. The van der Waals surface area contributed by atoms with Crippen molar-refractivity contribution in [1.82, 2.24) is 19.7 Å². The molecule has 0 spiro atoms. The number of hydrogen-bond acceptors (Lipinski definition) is 3. The molecule has 1 aliphatic rings. The van der Waals surface area contributed by atoms with Crippen molar-refractivity contribution in [1.29, 1.82) is 0 Å². The second-order valence-electron chi connectivity index (χ2n) is 7.92. The molecule has 1 amide bonds. The lowest BCUT2D eigenvalue weighted by Gasteiger charge is -2.16. The second-order valence-corrected chi connectivity index (χ2v) is 7.92. The maximum atomic E-state index is 12.5. The van der Waals surface area contributed by atoms with Crippen molar-refractivity contribution in [2.75, 3.05) is 13.1 Å². The van der Waals surface area contributed by atoms with E-state index in [1.54, 1.807) is 0 Å². The standard InChI is InChI=1S/C23H28N4O/c1-15-7-9-19(10-8-15)27-23-22(18(4)25-27)16(2)20(17(3)24-23)11-12-21(28)26-13-5-6-14-26/h7-10H,5-6,11-14H2,1-4H3. The molecule has 1 aromatic carbocycles. The number of aryl methyl sites for hydroxylation is 4. The number of amides is 1. The van der Waals surface area contributed by atoms with Crippen LogP contribution < -0.4 is 0 Å². The van der Waals surface area contributed by atoms with E-state index in [0.29, 0.717) is 6.42 Å². The van der Waals surface area contributed by atoms with Gasteiger partial charge in [0.05, 0.1) is 11.4 Å². The van der Waals surface area contributed by atoms with Gasteiger partial charge in [-0.3, -0.25) is 4.79 Å².